The maximum absolute atomic E-state index is 13.7. The number of ketones is 1. The van der Waals surface area contributed by atoms with Crippen molar-refractivity contribution in [2.75, 3.05) is 0 Å². The van der Waals surface area contributed by atoms with E-state index >= 15 is 0 Å². The van der Waals surface area contributed by atoms with E-state index in [2.05, 4.69) is 15.9 Å². The molecule has 1 aromatic carbocycles. The molecule has 2 rings (SSSR count). The van der Waals surface area contributed by atoms with Crippen molar-refractivity contribution in [3.63, 3.8) is 0 Å². The van der Waals surface area contributed by atoms with E-state index in [4.69, 9.17) is 4.42 Å². The quantitative estimate of drug-likeness (QED) is 0.618. The van der Waals surface area contributed by atoms with Gasteiger partial charge < -0.3 is 4.42 Å². The number of halogens is 3. The number of carbonyl (C=O) groups is 1. The van der Waals surface area contributed by atoms with Gasteiger partial charge in [0.15, 0.2) is 5.76 Å². The molecule has 0 spiro atoms. The van der Waals surface area contributed by atoms with Gasteiger partial charge in [-0.1, -0.05) is 6.92 Å². The fourth-order valence-corrected chi connectivity index (χ4v) is 2.07. The Hall–Kier alpha value is -1.49. The first kappa shape index (κ1) is 13.9. The van der Waals surface area contributed by atoms with Crippen LogP contribution in [0, 0.1) is 11.6 Å². The van der Waals surface area contributed by atoms with Crippen LogP contribution in [-0.4, -0.2) is 5.78 Å². The lowest BCUT2D eigenvalue weighted by Crippen LogP contribution is -2.07. The van der Waals surface area contributed by atoms with Crippen molar-refractivity contribution in [2.45, 2.75) is 19.8 Å². The van der Waals surface area contributed by atoms with Crippen LogP contribution in [0.4, 0.5) is 8.78 Å². The predicted octanol–water partition coefficient (Wildman–Crippen LogP) is 4.31. The molecular weight excluding hydrogens is 318 g/mol. The smallest absolute Gasteiger partial charge is 0.202 e. The molecule has 0 N–H and O–H groups in total. The normalized spacial score (nSPS) is 10.7. The molecule has 100 valence electrons. The highest BCUT2D eigenvalue weighted by Crippen LogP contribution is 2.23. The molecule has 0 aliphatic carbocycles. The zero-order valence-electron chi connectivity index (χ0n) is 10.2. The van der Waals surface area contributed by atoms with Crippen molar-refractivity contribution in [1.29, 1.82) is 0 Å². The van der Waals surface area contributed by atoms with E-state index in [0.717, 1.165) is 6.07 Å². The molecule has 1 heterocycles. The highest BCUT2D eigenvalue weighted by molar-refractivity contribution is 9.10. The van der Waals surface area contributed by atoms with E-state index in [-0.39, 0.29) is 22.2 Å². The van der Waals surface area contributed by atoms with Crippen molar-refractivity contribution < 1.29 is 18.0 Å². The van der Waals surface area contributed by atoms with Gasteiger partial charge in [-0.05, 0) is 40.2 Å². The highest BCUT2D eigenvalue weighted by Gasteiger charge is 2.18. The van der Waals surface area contributed by atoms with Crippen LogP contribution in [0.2, 0.25) is 0 Å². The largest absolute Gasteiger partial charge is 0.458 e. The van der Waals surface area contributed by atoms with Crippen LogP contribution in [0.1, 0.15) is 28.8 Å². The average Bonchev–Trinajstić information content (AvgIpc) is 2.88. The Kier molecular flexibility index (Phi) is 4.14. The first-order valence-corrected chi connectivity index (χ1v) is 6.56. The Bertz CT molecular complexity index is 620. The molecule has 0 aliphatic rings. The Labute approximate surface area is 117 Å². The maximum atomic E-state index is 13.7. The van der Waals surface area contributed by atoms with E-state index < -0.39 is 17.4 Å². The Balaban J connectivity index is 2.26. The van der Waals surface area contributed by atoms with Crippen LogP contribution in [0.15, 0.2) is 33.2 Å². The summed E-state index contributed by atoms with van der Waals surface area (Å²) in [5.74, 6) is -1.16. The van der Waals surface area contributed by atoms with Crippen molar-refractivity contribution in [3.05, 3.63) is 57.5 Å². The molecule has 0 fully saturated rings. The van der Waals surface area contributed by atoms with Gasteiger partial charge in [0.2, 0.25) is 5.78 Å². The second kappa shape index (κ2) is 5.65. The van der Waals surface area contributed by atoms with E-state index in [0.29, 0.717) is 12.2 Å². The van der Waals surface area contributed by atoms with Crippen molar-refractivity contribution in [2.24, 2.45) is 0 Å². The molecule has 5 heteroatoms. The van der Waals surface area contributed by atoms with Gasteiger partial charge in [-0.25, -0.2) is 8.78 Å². The van der Waals surface area contributed by atoms with Crippen LogP contribution in [-0.2, 0) is 12.8 Å². The SMILES string of the molecule is CCc1ccc(C(=O)Cc2c(F)ccc(Br)c2F)o1. The van der Waals surface area contributed by atoms with Crippen molar-refractivity contribution in [1.82, 2.24) is 0 Å². The van der Waals surface area contributed by atoms with Crippen LogP contribution in [0.25, 0.3) is 0 Å². The van der Waals surface area contributed by atoms with Gasteiger partial charge in [-0.3, -0.25) is 4.79 Å². The zero-order chi connectivity index (χ0) is 14.0. The molecule has 0 aliphatic heterocycles. The molecule has 0 saturated carbocycles. The lowest BCUT2D eigenvalue weighted by molar-refractivity contribution is 0.0962. The third-order valence-corrected chi connectivity index (χ3v) is 3.37. The fraction of sp³-hybridized carbons (Fsp3) is 0.214. The van der Waals surface area contributed by atoms with Gasteiger partial charge in [0.1, 0.15) is 17.4 Å². The molecule has 2 aromatic rings. The summed E-state index contributed by atoms with van der Waals surface area (Å²) in [5.41, 5.74) is -0.256. The van der Waals surface area contributed by atoms with Crippen LogP contribution in [0.3, 0.4) is 0 Å². The van der Waals surface area contributed by atoms with Crippen LogP contribution >= 0.6 is 15.9 Å². The minimum Gasteiger partial charge on any atom is -0.458 e. The van der Waals surface area contributed by atoms with Crippen molar-refractivity contribution in [3.8, 4) is 0 Å². The van der Waals surface area contributed by atoms with Crippen LogP contribution < -0.4 is 0 Å². The van der Waals surface area contributed by atoms with E-state index in [1.165, 1.54) is 12.1 Å². The van der Waals surface area contributed by atoms with Gasteiger partial charge >= 0.3 is 0 Å². The lowest BCUT2D eigenvalue weighted by atomic mass is 10.1. The predicted molar refractivity (Wildman–Crippen MR) is 70.2 cm³/mol. The first-order chi connectivity index (χ1) is 9.02. The van der Waals surface area contributed by atoms with Gasteiger partial charge in [0.25, 0.3) is 0 Å². The number of furan rings is 1. The third kappa shape index (κ3) is 2.92. The highest BCUT2D eigenvalue weighted by atomic mass is 79.9. The number of rotatable bonds is 4. The number of aryl methyl sites for hydroxylation is 1. The zero-order valence-corrected chi connectivity index (χ0v) is 11.8. The number of hydrogen-bond acceptors (Lipinski definition) is 2. The van der Waals surface area contributed by atoms with E-state index in [9.17, 15) is 13.6 Å². The van der Waals surface area contributed by atoms with Crippen molar-refractivity contribution >= 4 is 21.7 Å². The molecular formula is C14H11BrF2O2. The lowest BCUT2D eigenvalue weighted by Gasteiger charge is -2.04. The average molecular weight is 329 g/mol. The molecule has 19 heavy (non-hydrogen) atoms. The number of Topliss-reactive ketones (excluding diaryl/α,β-unsaturated/α-hetero) is 1. The topological polar surface area (TPSA) is 30.2 Å². The molecule has 0 bridgehead atoms. The van der Waals surface area contributed by atoms with E-state index in [1.54, 1.807) is 6.07 Å². The van der Waals surface area contributed by atoms with Crippen LogP contribution in [0.5, 0.6) is 0 Å². The Morgan fingerprint density at radius 2 is 2.00 bits per heavy atom. The Morgan fingerprint density at radius 3 is 2.63 bits per heavy atom. The number of hydrogen-bond donors (Lipinski definition) is 0. The van der Waals surface area contributed by atoms with Gasteiger partial charge in [-0.15, -0.1) is 0 Å². The summed E-state index contributed by atoms with van der Waals surface area (Å²) < 4.78 is 32.7. The number of benzene rings is 1. The Morgan fingerprint density at radius 1 is 1.26 bits per heavy atom. The first-order valence-electron chi connectivity index (χ1n) is 5.77. The summed E-state index contributed by atoms with van der Waals surface area (Å²) in [6.07, 6.45) is 0.292. The molecule has 0 unspecified atom stereocenters. The fourth-order valence-electron chi connectivity index (χ4n) is 1.70. The minimum atomic E-state index is -0.754. The molecule has 0 amide bonds. The summed E-state index contributed by atoms with van der Waals surface area (Å²) in [6.45, 7) is 1.89. The molecule has 1 aromatic heterocycles. The van der Waals surface area contributed by atoms with Gasteiger partial charge in [-0.2, -0.15) is 0 Å². The second-order valence-corrected chi connectivity index (χ2v) is 4.90. The van der Waals surface area contributed by atoms with Gasteiger partial charge in [0, 0.05) is 18.4 Å². The minimum absolute atomic E-state index is 0.121. The summed E-state index contributed by atoms with van der Waals surface area (Å²) >= 11 is 2.97. The van der Waals surface area contributed by atoms with Gasteiger partial charge in [0.05, 0.1) is 4.47 Å². The summed E-state index contributed by atoms with van der Waals surface area (Å²) in [4.78, 5) is 11.9. The monoisotopic (exact) mass is 328 g/mol. The third-order valence-electron chi connectivity index (χ3n) is 2.76. The standard InChI is InChI=1S/C14H11BrF2O2/c1-2-8-3-6-13(19-8)12(18)7-9-11(16)5-4-10(15)14(9)17/h3-6H,2,7H2,1H3. The molecule has 0 radical (unpaired) electrons. The summed E-state index contributed by atoms with van der Waals surface area (Å²) in [6, 6.07) is 5.59. The second-order valence-electron chi connectivity index (χ2n) is 4.04. The molecule has 0 atom stereocenters. The van der Waals surface area contributed by atoms with E-state index in [1.807, 2.05) is 6.92 Å². The number of carbonyl (C=O) groups excluding carboxylic acids is 1. The summed E-state index contributed by atoms with van der Waals surface area (Å²) in [7, 11) is 0. The molecule has 0 saturated heterocycles. The summed E-state index contributed by atoms with van der Waals surface area (Å²) in [5, 5.41) is 0. The molecule has 2 nitrogen and oxygen atoms in total. The maximum Gasteiger partial charge on any atom is 0.202 e.